The van der Waals surface area contributed by atoms with E-state index in [1.165, 1.54) is 55.8 Å². The van der Waals surface area contributed by atoms with E-state index in [1.807, 2.05) is 6.92 Å². The average molecular weight is 550 g/mol. The second-order valence-corrected chi connectivity index (χ2v) is 9.94. The number of sulfonamides is 1. The third-order valence-electron chi connectivity index (χ3n) is 4.70. The zero-order chi connectivity index (χ0) is 26.3. The average Bonchev–Trinajstić information content (AvgIpc) is 2.85. The van der Waals surface area contributed by atoms with Crippen molar-refractivity contribution in [3.05, 3.63) is 87.4 Å². The minimum Gasteiger partial charge on any atom is -0.493 e. The van der Waals surface area contributed by atoms with E-state index >= 15 is 0 Å². The van der Waals surface area contributed by atoms with Crippen molar-refractivity contribution in [3.8, 4) is 11.5 Å². The Morgan fingerprint density at radius 3 is 2.36 bits per heavy atom. The Balaban J connectivity index is 1.58. The van der Waals surface area contributed by atoms with Crippen molar-refractivity contribution >= 4 is 51.3 Å². The zero-order valence-corrected chi connectivity index (χ0v) is 21.4. The molecule has 0 saturated carbocycles. The van der Waals surface area contributed by atoms with E-state index in [2.05, 4.69) is 15.2 Å². The monoisotopic (exact) mass is 549 g/mol. The molecule has 0 spiro atoms. The molecule has 0 fully saturated rings. The lowest BCUT2D eigenvalue weighted by molar-refractivity contribution is -0.119. The maximum absolute atomic E-state index is 12.4. The van der Waals surface area contributed by atoms with Crippen molar-refractivity contribution in [1.29, 1.82) is 0 Å². The van der Waals surface area contributed by atoms with Crippen LogP contribution in [0.2, 0.25) is 10.0 Å². The normalized spacial score (nSPS) is 11.3. The van der Waals surface area contributed by atoms with Crippen molar-refractivity contribution in [2.45, 2.75) is 11.8 Å². The number of methoxy groups -OCH3 is 1. The molecule has 0 aliphatic rings. The summed E-state index contributed by atoms with van der Waals surface area (Å²) in [4.78, 5) is 24.5. The highest BCUT2D eigenvalue weighted by Gasteiger charge is 2.16. The summed E-state index contributed by atoms with van der Waals surface area (Å²) in [6.45, 7) is 1.34. The summed E-state index contributed by atoms with van der Waals surface area (Å²) in [5.74, 6) is -0.931. The number of hydrazone groups is 1. The molecule has 3 aromatic rings. The summed E-state index contributed by atoms with van der Waals surface area (Å²) in [6, 6.07) is 15.2. The minimum absolute atomic E-state index is 0.0523. The Kier molecular flexibility index (Phi) is 9.05. The third-order valence-corrected chi connectivity index (χ3v) is 6.86. The van der Waals surface area contributed by atoms with Crippen molar-refractivity contribution in [2.24, 2.45) is 5.10 Å². The van der Waals surface area contributed by atoms with E-state index in [0.29, 0.717) is 10.6 Å². The molecule has 0 aliphatic heterocycles. The summed E-state index contributed by atoms with van der Waals surface area (Å²) in [7, 11) is -2.43. The second-order valence-electron chi connectivity index (χ2n) is 7.36. The SMILES string of the molecule is COc1cc(/C=N\NC(=O)CNS(=O)(=O)c2ccc(C)cc2)ccc1OC(=O)c1ccc(Cl)c(Cl)c1. The molecule has 36 heavy (non-hydrogen) atoms. The van der Waals surface area contributed by atoms with Crippen LogP contribution >= 0.6 is 23.2 Å². The molecule has 0 unspecified atom stereocenters. The van der Waals surface area contributed by atoms with Crippen LogP contribution in [0, 0.1) is 6.92 Å². The summed E-state index contributed by atoms with van der Waals surface area (Å²) >= 11 is 11.8. The summed E-state index contributed by atoms with van der Waals surface area (Å²) in [5, 5.41) is 4.34. The van der Waals surface area contributed by atoms with Crippen LogP contribution in [0.25, 0.3) is 0 Å². The molecular weight excluding hydrogens is 529 g/mol. The van der Waals surface area contributed by atoms with Crippen LogP contribution in [0.3, 0.4) is 0 Å². The highest BCUT2D eigenvalue weighted by molar-refractivity contribution is 7.89. The van der Waals surface area contributed by atoms with Gasteiger partial charge in [-0.3, -0.25) is 4.79 Å². The third kappa shape index (κ3) is 7.28. The van der Waals surface area contributed by atoms with Gasteiger partial charge < -0.3 is 9.47 Å². The highest BCUT2D eigenvalue weighted by atomic mass is 35.5. The molecule has 9 nitrogen and oxygen atoms in total. The van der Waals surface area contributed by atoms with Crippen LogP contribution in [0.1, 0.15) is 21.5 Å². The first-order valence-electron chi connectivity index (χ1n) is 10.3. The van der Waals surface area contributed by atoms with Crippen molar-refractivity contribution < 1.29 is 27.5 Å². The fourth-order valence-corrected chi connectivity index (χ4v) is 4.09. The molecule has 12 heteroatoms. The molecule has 1 amide bonds. The van der Waals surface area contributed by atoms with E-state index in [-0.39, 0.29) is 27.0 Å². The predicted molar refractivity (Wildman–Crippen MR) is 137 cm³/mol. The summed E-state index contributed by atoms with van der Waals surface area (Å²) in [6.07, 6.45) is 1.32. The van der Waals surface area contributed by atoms with E-state index in [1.54, 1.807) is 18.2 Å². The molecule has 3 rings (SSSR count). The first-order chi connectivity index (χ1) is 17.1. The van der Waals surface area contributed by atoms with Gasteiger partial charge >= 0.3 is 5.97 Å². The molecule has 0 heterocycles. The Bertz CT molecular complexity index is 1410. The zero-order valence-electron chi connectivity index (χ0n) is 19.1. The largest absolute Gasteiger partial charge is 0.493 e. The van der Waals surface area contributed by atoms with Gasteiger partial charge in [-0.25, -0.2) is 23.4 Å². The van der Waals surface area contributed by atoms with E-state index in [9.17, 15) is 18.0 Å². The fourth-order valence-electron chi connectivity index (χ4n) is 2.81. The number of halogens is 2. The molecule has 0 atom stereocenters. The van der Waals surface area contributed by atoms with Gasteiger partial charge in [0.2, 0.25) is 10.0 Å². The number of nitrogens with one attached hydrogen (secondary N) is 2. The lowest BCUT2D eigenvalue weighted by atomic mass is 10.2. The van der Waals surface area contributed by atoms with Gasteiger partial charge in [0.1, 0.15) is 0 Å². The molecular formula is C24H21Cl2N3O6S. The maximum Gasteiger partial charge on any atom is 0.343 e. The Morgan fingerprint density at radius 2 is 1.69 bits per heavy atom. The number of esters is 1. The standard InChI is InChI=1S/C24H21Cl2N3O6S/c1-15-3-7-18(8-4-15)36(32,33)28-14-23(30)29-27-13-16-5-10-21(22(11-16)34-2)35-24(31)17-6-9-19(25)20(26)12-17/h3-13,28H,14H2,1-2H3,(H,29,30)/b27-13-. The Hall–Kier alpha value is -3.44. The topological polar surface area (TPSA) is 123 Å². The van der Waals surface area contributed by atoms with Crippen LogP contribution in [0.5, 0.6) is 11.5 Å². The van der Waals surface area contributed by atoms with Crippen molar-refractivity contribution in [2.75, 3.05) is 13.7 Å². The fraction of sp³-hybridized carbons (Fsp3) is 0.125. The van der Waals surface area contributed by atoms with Gasteiger partial charge in [0.15, 0.2) is 11.5 Å². The lowest BCUT2D eigenvalue weighted by Gasteiger charge is -2.10. The summed E-state index contributed by atoms with van der Waals surface area (Å²) < 4.78 is 37.4. The first kappa shape index (κ1) is 27.2. The Labute approximate surface area is 218 Å². The first-order valence-corrected chi connectivity index (χ1v) is 12.6. The number of amides is 1. The van der Waals surface area contributed by atoms with Crippen LogP contribution in [-0.4, -0.2) is 40.2 Å². The van der Waals surface area contributed by atoms with E-state index < -0.39 is 28.4 Å². The smallest absolute Gasteiger partial charge is 0.343 e. The molecule has 0 aliphatic carbocycles. The second kappa shape index (κ2) is 12.0. The van der Waals surface area contributed by atoms with E-state index in [0.717, 1.165) is 5.56 Å². The molecule has 2 N–H and O–H groups in total. The van der Waals surface area contributed by atoms with Gasteiger partial charge in [0.05, 0.1) is 40.4 Å². The van der Waals surface area contributed by atoms with Crippen LogP contribution in [0.4, 0.5) is 0 Å². The van der Waals surface area contributed by atoms with Gasteiger partial charge in [-0.05, 0) is 61.0 Å². The molecule has 3 aromatic carbocycles. The van der Waals surface area contributed by atoms with Crippen LogP contribution in [0.15, 0.2) is 70.7 Å². The van der Waals surface area contributed by atoms with Gasteiger partial charge in [-0.15, -0.1) is 0 Å². The minimum atomic E-state index is -3.83. The van der Waals surface area contributed by atoms with Gasteiger partial charge in [0, 0.05) is 0 Å². The highest BCUT2D eigenvalue weighted by Crippen LogP contribution is 2.29. The molecule has 0 aromatic heterocycles. The molecule has 0 radical (unpaired) electrons. The number of aryl methyl sites for hydroxylation is 1. The molecule has 188 valence electrons. The van der Waals surface area contributed by atoms with Gasteiger partial charge in [-0.2, -0.15) is 5.10 Å². The molecule has 0 saturated heterocycles. The number of carbonyl (C=O) groups is 2. The number of benzene rings is 3. The maximum atomic E-state index is 12.4. The number of hydrogen-bond donors (Lipinski definition) is 2. The quantitative estimate of drug-likeness (QED) is 0.180. The lowest BCUT2D eigenvalue weighted by Crippen LogP contribution is -2.34. The van der Waals surface area contributed by atoms with Crippen molar-refractivity contribution in [1.82, 2.24) is 10.1 Å². The number of carbonyl (C=O) groups excluding carboxylic acids is 2. The number of rotatable bonds is 9. The van der Waals surface area contributed by atoms with Gasteiger partial charge in [-0.1, -0.05) is 40.9 Å². The Morgan fingerprint density at radius 1 is 0.972 bits per heavy atom. The van der Waals surface area contributed by atoms with E-state index in [4.69, 9.17) is 32.7 Å². The molecule has 0 bridgehead atoms. The van der Waals surface area contributed by atoms with Gasteiger partial charge in [0.25, 0.3) is 5.91 Å². The summed E-state index contributed by atoms with van der Waals surface area (Å²) in [5.41, 5.74) is 3.87. The van der Waals surface area contributed by atoms with Crippen LogP contribution in [-0.2, 0) is 14.8 Å². The number of hydrogen-bond acceptors (Lipinski definition) is 7. The van der Waals surface area contributed by atoms with Crippen molar-refractivity contribution in [3.63, 3.8) is 0 Å². The van der Waals surface area contributed by atoms with Crippen LogP contribution < -0.4 is 19.6 Å². The predicted octanol–water partition coefficient (Wildman–Crippen LogP) is 3.96. The number of ether oxygens (including phenoxy) is 2. The number of nitrogens with zero attached hydrogens (tertiary/aromatic N) is 1.